The highest BCUT2D eigenvalue weighted by atomic mass is 127. The zero-order valence-electron chi connectivity index (χ0n) is 6.80. The zero-order chi connectivity index (χ0) is 9.26. The first-order valence-electron chi connectivity index (χ1n) is 4.00. The van der Waals surface area contributed by atoms with Crippen LogP contribution >= 0.6 is 22.6 Å². The molecule has 1 saturated heterocycles. The average molecular weight is 294 g/mol. The molecule has 1 aliphatic rings. The predicted molar refractivity (Wildman–Crippen MR) is 53.5 cm³/mol. The minimum Gasteiger partial charge on any atom is -0.236 e. The standard InChI is InChI=1S/C9H8FIO2/c10-7-2-1-6(5-8(7)11)9-3-4-12-13-9/h1-2,5,9H,3-4H2. The first-order chi connectivity index (χ1) is 6.27. The summed E-state index contributed by atoms with van der Waals surface area (Å²) in [5.41, 5.74) is 0.975. The van der Waals surface area contributed by atoms with Crippen molar-refractivity contribution in [1.29, 1.82) is 0 Å². The van der Waals surface area contributed by atoms with Crippen molar-refractivity contribution in [2.45, 2.75) is 12.5 Å². The molecular formula is C9H8FIO2. The maximum atomic E-state index is 12.9. The molecule has 0 bridgehead atoms. The van der Waals surface area contributed by atoms with Crippen LogP contribution in [0.25, 0.3) is 0 Å². The molecule has 1 fully saturated rings. The molecule has 0 aliphatic carbocycles. The van der Waals surface area contributed by atoms with Gasteiger partial charge in [-0.1, -0.05) is 6.07 Å². The van der Waals surface area contributed by atoms with Crippen LogP contribution in [0.4, 0.5) is 4.39 Å². The molecule has 1 unspecified atom stereocenters. The van der Waals surface area contributed by atoms with Gasteiger partial charge < -0.3 is 0 Å². The summed E-state index contributed by atoms with van der Waals surface area (Å²) in [4.78, 5) is 9.79. The molecule has 13 heavy (non-hydrogen) atoms. The van der Waals surface area contributed by atoms with Crippen molar-refractivity contribution < 1.29 is 14.2 Å². The maximum Gasteiger partial charge on any atom is 0.136 e. The van der Waals surface area contributed by atoms with Gasteiger partial charge in [0.25, 0.3) is 0 Å². The maximum absolute atomic E-state index is 12.9. The van der Waals surface area contributed by atoms with E-state index in [9.17, 15) is 4.39 Å². The Morgan fingerprint density at radius 3 is 2.92 bits per heavy atom. The molecule has 1 aliphatic heterocycles. The number of benzene rings is 1. The van der Waals surface area contributed by atoms with Crippen LogP contribution in [-0.4, -0.2) is 6.61 Å². The summed E-state index contributed by atoms with van der Waals surface area (Å²) >= 11 is 1.97. The number of rotatable bonds is 1. The minimum absolute atomic E-state index is 0.0332. The van der Waals surface area contributed by atoms with E-state index in [1.54, 1.807) is 12.1 Å². The van der Waals surface area contributed by atoms with Gasteiger partial charge in [0.15, 0.2) is 0 Å². The lowest BCUT2D eigenvalue weighted by atomic mass is 10.1. The van der Waals surface area contributed by atoms with Crippen molar-refractivity contribution in [2.75, 3.05) is 6.61 Å². The summed E-state index contributed by atoms with van der Waals surface area (Å²) in [5, 5.41) is 0. The molecule has 1 aromatic carbocycles. The van der Waals surface area contributed by atoms with Crippen molar-refractivity contribution >= 4 is 22.6 Å². The van der Waals surface area contributed by atoms with E-state index in [2.05, 4.69) is 0 Å². The van der Waals surface area contributed by atoms with Gasteiger partial charge in [-0.2, -0.15) is 0 Å². The van der Waals surface area contributed by atoms with Crippen LogP contribution in [-0.2, 0) is 9.78 Å². The van der Waals surface area contributed by atoms with Gasteiger partial charge in [-0.3, -0.25) is 0 Å². The normalized spacial score (nSPS) is 22.2. The Bertz CT molecular complexity index is 310. The molecule has 0 radical (unpaired) electrons. The smallest absolute Gasteiger partial charge is 0.136 e. The molecule has 0 saturated carbocycles. The quantitative estimate of drug-likeness (QED) is 0.586. The third kappa shape index (κ3) is 2.00. The van der Waals surface area contributed by atoms with Crippen molar-refractivity contribution in [2.24, 2.45) is 0 Å². The average Bonchev–Trinajstić information content (AvgIpc) is 2.62. The molecule has 0 spiro atoms. The van der Waals surface area contributed by atoms with Crippen molar-refractivity contribution in [1.82, 2.24) is 0 Å². The topological polar surface area (TPSA) is 18.5 Å². The highest BCUT2D eigenvalue weighted by molar-refractivity contribution is 14.1. The Kier molecular flexibility index (Phi) is 2.80. The van der Waals surface area contributed by atoms with E-state index in [1.807, 2.05) is 22.6 Å². The Labute approximate surface area is 89.1 Å². The van der Waals surface area contributed by atoms with Crippen molar-refractivity contribution in [3.05, 3.63) is 33.1 Å². The van der Waals surface area contributed by atoms with Gasteiger partial charge in [0.1, 0.15) is 11.9 Å². The lowest BCUT2D eigenvalue weighted by molar-refractivity contribution is -0.276. The van der Waals surface area contributed by atoms with E-state index in [0.29, 0.717) is 10.2 Å². The molecule has 0 aromatic heterocycles. The van der Waals surface area contributed by atoms with Crippen LogP contribution in [0.3, 0.4) is 0 Å². The second-order valence-electron chi connectivity index (χ2n) is 2.87. The fraction of sp³-hybridized carbons (Fsp3) is 0.333. The van der Waals surface area contributed by atoms with Gasteiger partial charge in [0, 0.05) is 9.99 Å². The molecule has 0 amide bonds. The van der Waals surface area contributed by atoms with Gasteiger partial charge in [0.2, 0.25) is 0 Å². The van der Waals surface area contributed by atoms with E-state index in [0.717, 1.165) is 12.0 Å². The number of hydrogen-bond donors (Lipinski definition) is 0. The van der Waals surface area contributed by atoms with E-state index >= 15 is 0 Å². The summed E-state index contributed by atoms with van der Waals surface area (Å²) in [6.07, 6.45) is 0.802. The lowest BCUT2D eigenvalue weighted by Crippen LogP contribution is -1.96. The third-order valence-corrected chi connectivity index (χ3v) is 2.79. The van der Waals surface area contributed by atoms with E-state index in [4.69, 9.17) is 9.78 Å². The van der Waals surface area contributed by atoms with Crippen molar-refractivity contribution in [3.63, 3.8) is 0 Å². The summed E-state index contributed by atoms with van der Waals surface area (Å²) in [7, 11) is 0. The van der Waals surface area contributed by atoms with E-state index < -0.39 is 0 Å². The Morgan fingerprint density at radius 1 is 1.46 bits per heavy atom. The first-order valence-corrected chi connectivity index (χ1v) is 5.08. The van der Waals surface area contributed by atoms with Gasteiger partial charge in [-0.15, -0.1) is 0 Å². The molecule has 70 valence electrons. The van der Waals surface area contributed by atoms with Crippen LogP contribution in [0.2, 0.25) is 0 Å². The zero-order valence-corrected chi connectivity index (χ0v) is 8.95. The molecule has 0 N–H and O–H groups in total. The Balaban J connectivity index is 2.25. The van der Waals surface area contributed by atoms with Gasteiger partial charge in [-0.05, 0) is 40.3 Å². The Hall–Kier alpha value is -0.200. The highest BCUT2D eigenvalue weighted by Gasteiger charge is 2.19. The lowest BCUT2D eigenvalue weighted by Gasteiger charge is -2.07. The van der Waals surface area contributed by atoms with Crippen LogP contribution in [0.15, 0.2) is 18.2 Å². The highest BCUT2D eigenvalue weighted by Crippen LogP contribution is 2.28. The second kappa shape index (κ2) is 3.89. The second-order valence-corrected chi connectivity index (χ2v) is 4.03. The van der Waals surface area contributed by atoms with E-state index in [1.165, 1.54) is 6.07 Å². The van der Waals surface area contributed by atoms with Crippen LogP contribution in [0.1, 0.15) is 18.1 Å². The fourth-order valence-electron chi connectivity index (χ4n) is 1.27. The predicted octanol–water partition coefficient (Wildman–Crippen LogP) is 2.82. The fourth-order valence-corrected chi connectivity index (χ4v) is 1.81. The molecule has 4 heteroatoms. The molecule has 1 atom stereocenters. The number of hydrogen-bond acceptors (Lipinski definition) is 2. The summed E-state index contributed by atoms with van der Waals surface area (Å²) in [5.74, 6) is -0.191. The van der Waals surface area contributed by atoms with Crippen LogP contribution in [0.5, 0.6) is 0 Å². The molecule has 1 aromatic rings. The van der Waals surface area contributed by atoms with Gasteiger partial charge in [0.05, 0.1) is 6.61 Å². The largest absolute Gasteiger partial charge is 0.236 e. The molecular weight excluding hydrogens is 286 g/mol. The van der Waals surface area contributed by atoms with Crippen molar-refractivity contribution in [3.8, 4) is 0 Å². The minimum atomic E-state index is -0.191. The first kappa shape index (κ1) is 9.36. The number of halogens is 2. The Morgan fingerprint density at radius 2 is 2.31 bits per heavy atom. The monoisotopic (exact) mass is 294 g/mol. The summed E-state index contributed by atoms with van der Waals surface area (Å²) < 4.78 is 13.5. The third-order valence-electron chi connectivity index (χ3n) is 1.96. The summed E-state index contributed by atoms with van der Waals surface area (Å²) in [6, 6.07) is 4.98. The summed E-state index contributed by atoms with van der Waals surface area (Å²) in [6.45, 7) is 0.610. The van der Waals surface area contributed by atoms with Crippen LogP contribution < -0.4 is 0 Å². The SMILES string of the molecule is Fc1ccc(C2CCOO2)cc1I. The molecule has 1 heterocycles. The molecule has 2 rings (SSSR count). The van der Waals surface area contributed by atoms with Crippen LogP contribution in [0, 0.1) is 9.39 Å². The van der Waals surface area contributed by atoms with Gasteiger partial charge >= 0.3 is 0 Å². The van der Waals surface area contributed by atoms with Gasteiger partial charge in [-0.25, -0.2) is 14.2 Å². The molecule has 2 nitrogen and oxygen atoms in total. The van der Waals surface area contributed by atoms with E-state index in [-0.39, 0.29) is 11.9 Å².